The summed E-state index contributed by atoms with van der Waals surface area (Å²) >= 11 is 1.27. The lowest BCUT2D eigenvalue weighted by Crippen LogP contribution is -2.29. The molecule has 4 rings (SSSR count). The minimum atomic E-state index is -4.39. The van der Waals surface area contributed by atoms with Crippen LogP contribution in [-0.4, -0.2) is 27.0 Å². The van der Waals surface area contributed by atoms with E-state index in [0.717, 1.165) is 17.7 Å². The summed E-state index contributed by atoms with van der Waals surface area (Å²) in [6.45, 7) is 0.517. The Balaban J connectivity index is 1.46. The van der Waals surface area contributed by atoms with E-state index in [2.05, 4.69) is 15.3 Å². The van der Waals surface area contributed by atoms with E-state index in [1.807, 2.05) is 30.3 Å². The number of benzene rings is 2. The molecule has 0 spiro atoms. The third kappa shape index (κ3) is 5.92. The topological polar surface area (TPSA) is 59.8 Å². The van der Waals surface area contributed by atoms with Gasteiger partial charge < -0.3 is 5.32 Å². The van der Waals surface area contributed by atoms with Crippen LogP contribution < -0.4 is 5.32 Å². The summed E-state index contributed by atoms with van der Waals surface area (Å²) in [5.74, 6) is 0.0971. The van der Waals surface area contributed by atoms with Crippen molar-refractivity contribution in [2.45, 2.75) is 30.1 Å². The Labute approximate surface area is 193 Å². The number of thioether (sulfide) groups is 1. The molecular weight excluding hydrogens is 449 g/mol. The molecule has 1 N–H and O–H groups in total. The number of nitrogens with zero attached hydrogens (tertiary/aromatic N) is 3. The van der Waals surface area contributed by atoms with Gasteiger partial charge in [0.25, 0.3) is 0 Å². The van der Waals surface area contributed by atoms with Crippen molar-refractivity contribution in [3.05, 3.63) is 89.6 Å². The lowest BCUT2D eigenvalue weighted by molar-refractivity contribution is -0.137. The van der Waals surface area contributed by atoms with Gasteiger partial charge in [0.05, 0.1) is 5.56 Å². The molecule has 0 aliphatic rings. The Morgan fingerprint density at radius 3 is 2.58 bits per heavy atom. The zero-order valence-electron chi connectivity index (χ0n) is 17.5. The van der Waals surface area contributed by atoms with Crippen LogP contribution in [0.25, 0.3) is 11.2 Å². The first-order chi connectivity index (χ1) is 15.9. The number of nitrogens with one attached hydrogen (secondary N) is 1. The van der Waals surface area contributed by atoms with Gasteiger partial charge in [-0.2, -0.15) is 13.2 Å². The van der Waals surface area contributed by atoms with E-state index in [1.165, 1.54) is 17.8 Å². The average Bonchev–Trinajstić information content (AvgIpc) is 3.15. The van der Waals surface area contributed by atoms with Crippen LogP contribution in [0.5, 0.6) is 0 Å². The monoisotopic (exact) mass is 470 g/mol. The van der Waals surface area contributed by atoms with Crippen LogP contribution in [0.2, 0.25) is 0 Å². The molecule has 170 valence electrons. The normalized spacial score (nSPS) is 11.6. The number of pyridine rings is 1. The lowest BCUT2D eigenvalue weighted by atomic mass is 10.1. The molecule has 0 aliphatic heterocycles. The van der Waals surface area contributed by atoms with Crippen LogP contribution in [0.1, 0.15) is 16.7 Å². The van der Waals surface area contributed by atoms with E-state index in [9.17, 15) is 18.0 Å². The molecule has 0 bridgehead atoms. The van der Waals surface area contributed by atoms with Gasteiger partial charge in [-0.15, -0.1) is 0 Å². The molecule has 9 heteroatoms. The number of rotatable bonds is 8. The Morgan fingerprint density at radius 1 is 1.00 bits per heavy atom. The Kier molecular flexibility index (Phi) is 6.98. The van der Waals surface area contributed by atoms with Gasteiger partial charge in [-0.25, -0.2) is 9.97 Å². The maximum absolute atomic E-state index is 13.0. The fourth-order valence-corrected chi connectivity index (χ4v) is 4.31. The fraction of sp³-hybridized carbons (Fsp3) is 0.208. The van der Waals surface area contributed by atoms with Crippen LogP contribution in [0.15, 0.2) is 78.1 Å². The number of hydrogen-bond donors (Lipinski definition) is 1. The van der Waals surface area contributed by atoms with Crippen LogP contribution >= 0.6 is 11.8 Å². The Morgan fingerprint density at radius 2 is 1.79 bits per heavy atom. The first-order valence-electron chi connectivity index (χ1n) is 10.3. The summed E-state index contributed by atoms with van der Waals surface area (Å²) in [4.78, 5) is 21.5. The third-order valence-electron chi connectivity index (χ3n) is 4.97. The van der Waals surface area contributed by atoms with Gasteiger partial charge in [-0.1, -0.05) is 60.3 Å². The highest BCUT2D eigenvalue weighted by atomic mass is 32.2. The van der Waals surface area contributed by atoms with Crippen LogP contribution in [-0.2, 0) is 29.7 Å². The molecule has 2 aromatic heterocycles. The minimum Gasteiger partial charge on any atom is -0.354 e. The van der Waals surface area contributed by atoms with Crippen molar-refractivity contribution in [2.24, 2.45) is 0 Å². The van der Waals surface area contributed by atoms with Crippen molar-refractivity contribution >= 4 is 28.8 Å². The first kappa shape index (κ1) is 22.8. The maximum Gasteiger partial charge on any atom is 0.416 e. The standard InChI is InChI=1S/C24H21F3N4OS/c25-24(26,27)19-9-4-8-18(14-19)16-33-23-30-20-10-5-12-29-22(20)31(23)15-21(32)28-13-11-17-6-2-1-3-7-17/h1-10,12,14H,11,13,15-16H2,(H,28,32). The highest BCUT2D eigenvalue weighted by Crippen LogP contribution is 2.31. The van der Waals surface area contributed by atoms with E-state index in [-0.39, 0.29) is 18.2 Å². The average molecular weight is 471 g/mol. The Bertz CT molecular complexity index is 1240. The molecule has 2 heterocycles. The smallest absolute Gasteiger partial charge is 0.354 e. The largest absolute Gasteiger partial charge is 0.416 e. The highest BCUT2D eigenvalue weighted by molar-refractivity contribution is 7.98. The van der Waals surface area contributed by atoms with Crippen molar-refractivity contribution in [2.75, 3.05) is 6.54 Å². The molecule has 0 radical (unpaired) electrons. The number of carbonyl (C=O) groups is 1. The SMILES string of the molecule is O=C(Cn1c(SCc2cccc(C(F)(F)F)c2)nc2cccnc21)NCCc1ccccc1. The molecule has 0 saturated carbocycles. The Hall–Kier alpha value is -3.33. The van der Waals surface area contributed by atoms with Crippen LogP contribution in [0, 0.1) is 0 Å². The molecule has 0 saturated heterocycles. The van der Waals surface area contributed by atoms with Crippen molar-refractivity contribution in [3.63, 3.8) is 0 Å². The van der Waals surface area contributed by atoms with E-state index < -0.39 is 11.7 Å². The molecule has 2 aromatic carbocycles. The van der Waals surface area contributed by atoms with Gasteiger partial charge in [0.1, 0.15) is 12.1 Å². The van der Waals surface area contributed by atoms with Gasteiger partial charge >= 0.3 is 6.18 Å². The lowest BCUT2D eigenvalue weighted by Gasteiger charge is -2.10. The fourth-order valence-electron chi connectivity index (χ4n) is 3.37. The van der Waals surface area contributed by atoms with E-state index in [1.54, 1.807) is 29.0 Å². The number of alkyl halides is 3. The number of carbonyl (C=O) groups excluding carboxylic acids is 1. The zero-order valence-corrected chi connectivity index (χ0v) is 18.4. The third-order valence-corrected chi connectivity index (χ3v) is 6.02. The molecule has 0 unspecified atom stereocenters. The summed E-state index contributed by atoms with van der Waals surface area (Å²) < 4.78 is 40.7. The number of fused-ring (bicyclic) bond motifs is 1. The molecule has 5 nitrogen and oxygen atoms in total. The molecular formula is C24H21F3N4OS. The summed E-state index contributed by atoms with van der Waals surface area (Å²) in [5, 5.41) is 3.44. The summed E-state index contributed by atoms with van der Waals surface area (Å²) in [7, 11) is 0. The summed E-state index contributed by atoms with van der Waals surface area (Å²) in [6, 6.07) is 18.6. The van der Waals surface area contributed by atoms with E-state index >= 15 is 0 Å². The predicted octanol–water partition coefficient (Wildman–Crippen LogP) is 5.10. The van der Waals surface area contributed by atoms with E-state index in [0.29, 0.717) is 34.8 Å². The predicted molar refractivity (Wildman–Crippen MR) is 122 cm³/mol. The number of amides is 1. The second-order valence-electron chi connectivity index (χ2n) is 7.40. The molecule has 0 fully saturated rings. The van der Waals surface area contributed by atoms with Gasteiger partial charge in [-0.3, -0.25) is 9.36 Å². The van der Waals surface area contributed by atoms with Crippen molar-refractivity contribution in [1.29, 1.82) is 0 Å². The number of aromatic nitrogens is 3. The van der Waals surface area contributed by atoms with Gasteiger partial charge in [0.2, 0.25) is 5.91 Å². The zero-order chi connectivity index (χ0) is 23.3. The quantitative estimate of drug-likeness (QED) is 0.364. The molecule has 0 aliphatic carbocycles. The molecule has 33 heavy (non-hydrogen) atoms. The second-order valence-corrected chi connectivity index (χ2v) is 8.34. The van der Waals surface area contributed by atoms with Gasteiger partial charge in [-0.05, 0) is 35.7 Å². The minimum absolute atomic E-state index is 0.0211. The van der Waals surface area contributed by atoms with Gasteiger partial charge in [0, 0.05) is 18.5 Å². The van der Waals surface area contributed by atoms with Crippen molar-refractivity contribution in [3.8, 4) is 0 Å². The van der Waals surface area contributed by atoms with E-state index in [4.69, 9.17) is 0 Å². The number of halogens is 3. The number of hydrogen-bond acceptors (Lipinski definition) is 4. The second kappa shape index (κ2) is 10.1. The highest BCUT2D eigenvalue weighted by Gasteiger charge is 2.30. The summed E-state index contributed by atoms with van der Waals surface area (Å²) in [5.41, 5.74) is 2.15. The summed E-state index contributed by atoms with van der Waals surface area (Å²) in [6.07, 6.45) is -2.06. The van der Waals surface area contributed by atoms with Gasteiger partial charge in [0.15, 0.2) is 10.8 Å². The van der Waals surface area contributed by atoms with Crippen molar-refractivity contribution < 1.29 is 18.0 Å². The van der Waals surface area contributed by atoms with Crippen LogP contribution in [0.4, 0.5) is 13.2 Å². The van der Waals surface area contributed by atoms with Crippen molar-refractivity contribution in [1.82, 2.24) is 19.9 Å². The molecule has 4 aromatic rings. The molecule has 1 amide bonds. The molecule has 0 atom stereocenters. The maximum atomic E-state index is 13.0. The number of imidazole rings is 1. The first-order valence-corrected chi connectivity index (χ1v) is 11.3. The van der Waals surface area contributed by atoms with Crippen LogP contribution in [0.3, 0.4) is 0 Å².